The third kappa shape index (κ3) is 3.71. The normalized spacial score (nSPS) is 16.6. The maximum atomic E-state index is 13.9. The fourth-order valence-corrected chi connectivity index (χ4v) is 3.33. The molecular formula is C19H24FN3O. The van der Waals surface area contributed by atoms with Crippen LogP contribution in [-0.4, -0.2) is 21.9 Å². The first kappa shape index (κ1) is 16.8. The molecule has 0 spiro atoms. The van der Waals surface area contributed by atoms with Crippen molar-refractivity contribution >= 4 is 16.9 Å². The van der Waals surface area contributed by atoms with Crippen molar-refractivity contribution in [1.29, 1.82) is 0 Å². The van der Waals surface area contributed by atoms with Gasteiger partial charge in [-0.2, -0.15) is 0 Å². The third-order valence-corrected chi connectivity index (χ3v) is 4.83. The average Bonchev–Trinajstić information content (AvgIpc) is 2.50. The predicted octanol–water partition coefficient (Wildman–Crippen LogP) is 4.23. The van der Waals surface area contributed by atoms with Crippen LogP contribution in [0.2, 0.25) is 0 Å². The molecule has 24 heavy (non-hydrogen) atoms. The van der Waals surface area contributed by atoms with Crippen molar-refractivity contribution < 1.29 is 9.18 Å². The number of carbonyl (C=O) groups is 1. The van der Waals surface area contributed by atoms with Crippen LogP contribution in [0.15, 0.2) is 12.1 Å². The summed E-state index contributed by atoms with van der Waals surface area (Å²) in [5.74, 6) is -0.703. The zero-order valence-electron chi connectivity index (χ0n) is 14.4. The molecular weight excluding hydrogens is 305 g/mol. The molecule has 128 valence electrons. The summed E-state index contributed by atoms with van der Waals surface area (Å²) in [5, 5.41) is 3.08. The monoisotopic (exact) mass is 329 g/mol. The maximum absolute atomic E-state index is 13.9. The van der Waals surface area contributed by atoms with E-state index in [0.717, 1.165) is 37.1 Å². The molecule has 0 atom stereocenters. The number of carbonyl (C=O) groups excluding carboxylic acids is 1. The molecule has 1 fully saturated rings. The number of nitrogens with one attached hydrogen (secondary N) is 1. The molecule has 0 bridgehead atoms. The number of benzene rings is 1. The molecule has 1 saturated carbocycles. The summed E-state index contributed by atoms with van der Waals surface area (Å²) < 4.78 is 13.9. The second kappa shape index (κ2) is 7.24. The van der Waals surface area contributed by atoms with Crippen LogP contribution in [0.3, 0.4) is 0 Å². The lowest BCUT2D eigenvalue weighted by Gasteiger charge is -2.21. The van der Waals surface area contributed by atoms with Crippen molar-refractivity contribution in [2.24, 2.45) is 0 Å². The molecule has 1 heterocycles. The van der Waals surface area contributed by atoms with E-state index in [1.54, 1.807) is 0 Å². The number of rotatable bonds is 2. The molecule has 0 aliphatic heterocycles. The minimum absolute atomic E-state index is 0.163. The van der Waals surface area contributed by atoms with E-state index in [9.17, 15) is 9.18 Å². The van der Waals surface area contributed by atoms with Crippen LogP contribution in [0, 0.1) is 19.7 Å². The summed E-state index contributed by atoms with van der Waals surface area (Å²) in [6.45, 7) is 3.68. The first-order valence-electron chi connectivity index (χ1n) is 8.80. The molecule has 1 aliphatic carbocycles. The van der Waals surface area contributed by atoms with Gasteiger partial charge in [0.25, 0.3) is 5.91 Å². The largest absolute Gasteiger partial charge is 0.349 e. The number of aryl methyl sites for hydroxylation is 2. The lowest BCUT2D eigenvalue weighted by Crippen LogP contribution is -2.35. The summed E-state index contributed by atoms with van der Waals surface area (Å²) in [6, 6.07) is 2.77. The molecule has 0 unspecified atom stereocenters. The van der Waals surface area contributed by atoms with Crippen molar-refractivity contribution in [3.63, 3.8) is 0 Å². The molecule has 1 N–H and O–H groups in total. The summed E-state index contributed by atoms with van der Waals surface area (Å²) in [5.41, 5.74) is 2.69. The van der Waals surface area contributed by atoms with Gasteiger partial charge in [-0.05, 0) is 32.8 Å². The van der Waals surface area contributed by atoms with Gasteiger partial charge in [-0.3, -0.25) is 4.79 Å². The van der Waals surface area contributed by atoms with E-state index in [4.69, 9.17) is 0 Å². The highest BCUT2D eigenvalue weighted by molar-refractivity contribution is 6.04. The minimum Gasteiger partial charge on any atom is -0.349 e. The van der Waals surface area contributed by atoms with Crippen molar-refractivity contribution in [2.45, 2.75) is 64.8 Å². The third-order valence-electron chi connectivity index (χ3n) is 4.83. The van der Waals surface area contributed by atoms with Gasteiger partial charge in [0.15, 0.2) is 0 Å². The maximum Gasteiger partial charge on any atom is 0.253 e. The van der Waals surface area contributed by atoms with Crippen LogP contribution >= 0.6 is 0 Å². The Morgan fingerprint density at radius 2 is 1.67 bits per heavy atom. The number of hydrogen-bond acceptors (Lipinski definition) is 3. The number of fused-ring (bicyclic) bond motifs is 1. The van der Waals surface area contributed by atoms with Gasteiger partial charge in [-0.1, -0.05) is 32.1 Å². The van der Waals surface area contributed by atoms with Gasteiger partial charge in [-0.15, -0.1) is 0 Å². The van der Waals surface area contributed by atoms with E-state index < -0.39 is 5.82 Å². The Kier molecular flexibility index (Phi) is 5.07. The number of halogens is 1. The van der Waals surface area contributed by atoms with E-state index in [1.807, 2.05) is 13.8 Å². The summed E-state index contributed by atoms with van der Waals surface area (Å²) in [4.78, 5) is 21.6. The Hall–Kier alpha value is -2.04. The number of aromatic nitrogens is 2. The van der Waals surface area contributed by atoms with E-state index in [0.29, 0.717) is 11.0 Å². The molecule has 0 radical (unpaired) electrons. The van der Waals surface area contributed by atoms with Crippen molar-refractivity contribution in [3.05, 3.63) is 34.9 Å². The van der Waals surface area contributed by atoms with E-state index in [2.05, 4.69) is 15.3 Å². The van der Waals surface area contributed by atoms with Gasteiger partial charge in [0.1, 0.15) is 11.3 Å². The highest BCUT2D eigenvalue weighted by Crippen LogP contribution is 2.21. The number of amides is 1. The van der Waals surface area contributed by atoms with E-state index in [1.165, 1.54) is 31.4 Å². The fourth-order valence-electron chi connectivity index (χ4n) is 3.33. The van der Waals surface area contributed by atoms with Gasteiger partial charge in [-0.25, -0.2) is 14.4 Å². The van der Waals surface area contributed by atoms with Crippen molar-refractivity contribution in [3.8, 4) is 0 Å². The predicted molar refractivity (Wildman–Crippen MR) is 92.5 cm³/mol. The van der Waals surface area contributed by atoms with Crippen molar-refractivity contribution in [2.75, 3.05) is 0 Å². The molecule has 2 aromatic rings. The van der Waals surface area contributed by atoms with Crippen LogP contribution in [0.1, 0.15) is 66.7 Å². The second-order valence-electron chi connectivity index (χ2n) is 6.73. The number of nitrogens with zero attached hydrogens (tertiary/aromatic N) is 2. The Labute approximate surface area is 141 Å². The van der Waals surface area contributed by atoms with Gasteiger partial charge < -0.3 is 5.32 Å². The first-order chi connectivity index (χ1) is 11.5. The zero-order valence-corrected chi connectivity index (χ0v) is 14.4. The molecule has 5 heteroatoms. The highest BCUT2D eigenvalue weighted by Gasteiger charge is 2.19. The van der Waals surface area contributed by atoms with Gasteiger partial charge in [0.2, 0.25) is 0 Å². The SMILES string of the molecule is Cc1nc2cc(F)cc(C(=O)NC3CCCCCCC3)c2nc1C. The minimum atomic E-state index is -0.456. The Balaban J connectivity index is 1.89. The van der Waals surface area contributed by atoms with E-state index in [-0.39, 0.29) is 17.5 Å². The van der Waals surface area contributed by atoms with E-state index >= 15 is 0 Å². The van der Waals surface area contributed by atoms with Crippen LogP contribution in [0.4, 0.5) is 4.39 Å². The second-order valence-corrected chi connectivity index (χ2v) is 6.73. The highest BCUT2D eigenvalue weighted by atomic mass is 19.1. The molecule has 3 rings (SSSR count). The Morgan fingerprint density at radius 1 is 1.04 bits per heavy atom. The van der Waals surface area contributed by atoms with Gasteiger partial charge in [0.05, 0.1) is 22.5 Å². The fraction of sp³-hybridized carbons (Fsp3) is 0.526. The molecule has 0 saturated heterocycles. The summed E-state index contributed by atoms with van der Waals surface area (Å²) in [6.07, 6.45) is 7.97. The molecule has 4 nitrogen and oxygen atoms in total. The van der Waals surface area contributed by atoms with Crippen LogP contribution in [0.5, 0.6) is 0 Å². The van der Waals surface area contributed by atoms with Gasteiger partial charge in [0, 0.05) is 12.1 Å². The van der Waals surface area contributed by atoms with Crippen molar-refractivity contribution in [1.82, 2.24) is 15.3 Å². The standard InChI is InChI=1S/C19H24FN3O/c1-12-13(2)22-18-16(10-14(20)11-17(18)21-12)19(24)23-15-8-6-4-3-5-7-9-15/h10-11,15H,3-9H2,1-2H3,(H,23,24). The van der Waals surface area contributed by atoms with Crippen LogP contribution in [-0.2, 0) is 0 Å². The zero-order chi connectivity index (χ0) is 17.1. The molecule has 1 aromatic carbocycles. The molecule has 1 aliphatic rings. The summed E-state index contributed by atoms with van der Waals surface area (Å²) >= 11 is 0. The van der Waals surface area contributed by atoms with Crippen LogP contribution in [0.25, 0.3) is 11.0 Å². The Morgan fingerprint density at radius 3 is 2.38 bits per heavy atom. The van der Waals surface area contributed by atoms with Crippen LogP contribution < -0.4 is 5.32 Å². The average molecular weight is 329 g/mol. The molecule has 1 aromatic heterocycles. The smallest absolute Gasteiger partial charge is 0.253 e. The Bertz CT molecular complexity index is 752. The lowest BCUT2D eigenvalue weighted by molar-refractivity contribution is 0.0931. The van der Waals surface area contributed by atoms with Gasteiger partial charge >= 0.3 is 0 Å². The summed E-state index contributed by atoms with van der Waals surface area (Å²) in [7, 11) is 0. The number of hydrogen-bond donors (Lipinski definition) is 1. The first-order valence-corrected chi connectivity index (χ1v) is 8.80. The lowest BCUT2D eigenvalue weighted by atomic mass is 9.96. The molecule has 1 amide bonds. The quantitative estimate of drug-likeness (QED) is 0.897. The topological polar surface area (TPSA) is 54.9 Å².